The van der Waals surface area contributed by atoms with Gasteiger partial charge in [-0.3, -0.25) is 14.5 Å². The molecule has 0 radical (unpaired) electrons. The molecule has 1 aromatic heterocycles. The zero-order valence-electron chi connectivity index (χ0n) is 20.4. The highest BCUT2D eigenvalue weighted by atomic mass is 16.3. The topological polar surface area (TPSA) is 106 Å². The number of hydrogen-bond acceptors (Lipinski definition) is 5. The number of carbonyl (C=O) groups excluding carboxylic acids is 1. The Hall–Kier alpha value is -2.64. The molecule has 1 saturated carbocycles. The number of nitrogens with zero attached hydrogens (tertiary/aromatic N) is 1. The number of aromatic amines is 1. The minimum atomic E-state index is -1.07. The zero-order valence-corrected chi connectivity index (χ0v) is 20.4. The smallest absolute Gasteiger partial charge is 0.261 e. The molecular weight excluding hydrogens is 430 g/mol. The van der Waals surface area contributed by atoms with E-state index in [1.165, 1.54) is 0 Å². The van der Waals surface area contributed by atoms with Crippen LogP contribution in [0.25, 0.3) is 0 Å². The van der Waals surface area contributed by atoms with Gasteiger partial charge in [-0.2, -0.15) is 0 Å². The summed E-state index contributed by atoms with van der Waals surface area (Å²) in [4.78, 5) is 30.9. The highest BCUT2D eigenvalue weighted by Crippen LogP contribution is 2.61. The largest absolute Gasteiger partial charge is 0.508 e. The molecule has 1 aromatic carbocycles. The SMILES string of the molecule is Cc1ccc(O)cc1[C@@]12Cc3[nH]c(=O)c(C(=O)NCCC(C)C)cc3C[C@@]1(O)[C@H]1C(CN1C)C2. The van der Waals surface area contributed by atoms with E-state index in [1.807, 2.05) is 20.0 Å². The van der Waals surface area contributed by atoms with Crippen molar-refractivity contribution in [3.63, 3.8) is 0 Å². The predicted molar refractivity (Wildman–Crippen MR) is 130 cm³/mol. The van der Waals surface area contributed by atoms with Crippen molar-refractivity contribution in [2.75, 3.05) is 20.1 Å². The molecule has 1 saturated heterocycles. The Bertz CT molecular complexity index is 1200. The van der Waals surface area contributed by atoms with Gasteiger partial charge in [-0.1, -0.05) is 19.9 Å². The van der Waals surface area contributed by atoms with Crippen LogP contribution in [0.3, 0.4) is 0 Å². The van der Waals surface area contributed by atoms with E-state index in [2.05, 4.69) is 29.0 Å². The van der Waals surface area contributed by atoms with Crippen LogP contribution in [0.5, 0.6) is 5.75 Å². The normalized spacial score (nSPS) is 29.8. The number of aryl methyl sites for hydroxylation is 1. The quantitative estimate of drug-likeness (QED) is 0.542. The lowest BCUT2D eigenvalue weighted by Crippen LogP contribution is -2.67. The highest BCUT2D eigenvalue weighted by molar-refractivity contribution is 5.94. The van der Waals surface area contributed by atoms with E-state index >= 15 is 0 Å². The van der Waals surface area contributed by atoms with E-state index in [0.29, 0.717) is 31.2 Å². The van der Waals surface area contributed by atoms with Crippen molar-refractivity contribution in [2.45, 2.75) is 63.5 Å². The molecule has 4 atom stereocenters. The Labute approximate surface area is 200 Å². The van der Waals surface area contributed by atoms with Crippen molar-refractivity contribution in [3.8, 4) is 5.75 Å². The maximum atomic E-state index is 12.9. The first-order valence-electron chi connectivity index (χ1n) is 12.3. The molecule has 182 valence electrons. The molecule has 4 N–H and O–H groups in total. The van der Waals surface area contributed by atoms with Crippen LogP contribution in [0.4, 0.5) is 0 Å². The van der Waals surface area contributed by atoms with Crippen molar-refractivity contribution in [3.05, 3.63) is 62.6 Å². The Morgan fingerprint density at radius 1 is 1.29 bits per heavy atom. The molecule has 2 aromatic rings. The van der Waals surface area contributed by atoms with Crippen LogP contribution in [-0.4, -0.2) is 57.8 Å². The van der Waals surface area contributed by atoms with E-state index in [9.17, 15) is 19.8 Å². The number of nitrogens with one attached hydrogen (secondary N) is 2. The summed E-state index contributed by atoms with van der Waals surface area (Å²) in [5.74, 6) is 0.608. The Morgan fingerprint density at radius 3 is 2.76 bits per heavy atom. The number of H-pyrrole nitrogens is 1. The first kappa shape index (κ1) is 23.1. The monoisotopic (exact) mass is 465 g/mol. The van der Waals surface area contributed by atoms with E-state index in [4.69, 9.17) is 0 Å². The summed E-state index contributed by atoms with van der Waals surface area (Å²) in [6.45, 7) is 7.63. The number of pyridine rings is 1. The van der Waals surface area contributed by atoms with Gasteiger partial charge in [-0.25, -0.2) is 0 Å². The Balaban J connectivity index is 1.58. The third kappa shape index (κ3) is 3.32. The molecule has 0 spiro atoms. The summed E-state index contributed by atoms with van der Waals surface area (Å²) in [6.07, 6.45) is 2.46. The predicted octanol–water partition coefficient (Wildman–Crippen LogP) is 2.27. The molecule has 0 bridgehead atoms. The standard InChI is InChI=1S/C27H35N3O4/c1-15(2)7-8-28-24(32)20-9-17-12-27(34)23-18(14-30(23)4)11-26(27,13-22(17)29-25(20)33)21-10-19(31)6-5-16(21)3/h5-6,9-10,15,18,23,31,34H,7-8,11-14H2,1-4H3,(H,28,32)(H,29,33)/t18?,23-,26-,27-/m1/s1. The number of aromatic hydroxyl groups is 1. The minimum absolute atomic E-state index is 0.00218. The second kappa shape index (κ2) is 7.95. The fraction of sp³-hybridized carbons (Fsp3) is 0.556. The highest BCUT2D eigenvalue weighted by Gasteiger charge is 2.69. The molecule has 5 rings (SSSR count). The fourth-order valence-corrected chi connectivity index (χ4v) is 6.96. The number of fused-ring (bicyclic) bond motifs is 4. The van der Waals surface area contributed by atoms with Gasteiger partial charge in [0.1, 0.15) is 11.3 Å². The number of benzene rings is 1. The molecular formula is C27H35N3O4. The third-order valence-corrected chi connectivity index (χ3v) is 8.51. The second-order valence-corrected chi connectivity index (χ2v) is 11.2. The maximum Gasteiger partial charge on any atom is 0.261 e. The van der Waals surface area contributed by atoms with Gasteiger partial charge < -0.3 is 20.5 Å². The lowest BCUT2D eigenvalue weighted by Gasteiger charge is -2.53. The molecule has 1 amide bonds. The van der Waals surface area contributed by atoms with Crippen molar-refractivity contribution < 1.29 is 15.0 Å². The van der Waals surface area contributed by atoms with Crippen molar-refractivity contribution >= 4 is 5.91 Å². The number of carbonyl (C=O) groups is 1. The zero-order chi connectivity index (χ0) is 24.4. The first-order chi connectivity index (χ1) is 16.1. The van der Waals surface area contributed by atoms with Crippen molar-refractivity contribution in [2.24, 2.45) is 11.8 Å². The number of phenols is 1. The van der Waals surface area contributed by atoms with E-state index < -0.39 is 16.6 Å². The number of hydrogen-bond donors (Lipinski definition) is 4. The summed E-state index contributed by atoms with van der Waals surface area (Å²) in [6, 6.07) is 7.03. The Morgan fingerprint density at radius 2 is 2.06 bits per heavy atom. The van der Waals surface area contributed by atoms with E-state index in [1.54, 1.807) is 18.2 Å². The lowest BCUT2D eigenvalue weighted by molar-refractivity contribution is -0.108. The van der Waals surface area contributed by atoms with Gasteiger partial charge in [0, 0.05) is 43.1 Å². The van der Waals surface area contributed by atoms with Gasteiger partial charge in [0.2, 0.25) is 0 Å². The summed E-state index contributed by atoms with van der Waals surface area (Å²) in [5.41, 5.74) is 1.58. The molecule has 7 heteroatoms. The second-order valence-electron chi connectivity index (χ2n) is 11.2. The number of likely N-dealkylation sites (N-methyl/N-ethyl adjacent to an activating group) is 1. The molecule has 34 heavy (non-hydrogen) atoms. The molecule has 7 nitrogen and oxygen atoms in total. The maximum absolute atomic E-state index is 12.9. The van der Waals surface area contributed by atoms with Gasteiger partial charge in [-0.15, -0.1) is 0 Å². The van der Waals surface area contributed by atoms with Crippen LogP contribution in [0.1, 0.15) is 59.4 Å². The number of rotatable bonds is 5. The molecule has 2 aliphatic carbocycles. The molecule has 2 heterocycles. The van der Waals surface area contributed by atoms with Crippen LogP contribution in [-0.2, 0) is 18.3 Å². The van der Waals surface area contributed by atoms with Crippen LogP contribution in [0.15, 0.2) is 29.1 Å². The van der Waals surface area contributed by atoms with Crippen molar-refractivity contribution in [1.82, 2.24) is 15.2 Å². The van der Waals surface area contributed by atoms with E-state index in [-0.39, 0.29) is 23.3 Å². The summed E-state index contributed by atoms with van der Waals surface area (Å²) < 4.78 is 0. The van der Waals surface area contributed by atoms with Gasteiger partial charge in [0.15, 0.2) is 0 Å². The minimum Gasteiger partial charge on any atom is -0.508 e. The number of likely N-dealkylation sites (tertiary alicyclic amines) is 1. The van der Waals surface area contributed by atoms with Crippen LogP contribution in [0.2, 0.25) is 0 Å². The van der Waals surface area contributed by atoms with Gasteiger partial charge >= 0.3 is 0 Å². The third-order valence-electron chi connectivity index (χ3n) is 8.51. The summed E-state index contributed by atoms with van der Waals surface area (Å²) >= 11 is 0. The molecule has 2 fully saturated rings. The van der Waals surface area contributed by atoms with Crippen LogP contribution >= 0.6 is 0 Å². The average Bonchev–Trinajstić information content (AvgIpc) is 2.95. The number of phenolic OH excluding ortho intramolecular Hbond substituents is 1. The molecule has 1 unspecified atom stereocenters. The molecule has 3 aliphatic rings. The Kier molecular flexibility index (Phi) is 5.41. The van der Waals surface area contributed by atoms with Gasteiger partial charge in [0.05, 0.1) is 5.60 Å². The van der Waals surface area contributed by atoms with Crippen molar-refractivity contribution in [1.29, 1.82) is 0 Å². The van der Waals surface area contributed by atoms with Crippen LogP contribution in [0, 0.1) is 18.8 Å². The lowest BCUT2D eigenvalue weighted by atomic mass is 9.59. The number of aliphatic hydroxyl groups is 1. The van der Waals surface area contributed by atoms with Gasteiger partial charge in [0.25, 0.3) is 11.5 Å². The number of amides is 1. The van der Waals surface area contributed by atoms with Gasteiger partial charge in [-0.05, 0) is 73.5 Å². The first-order valence-corrected chi connectivity index (χ1v) is 12.3. The summed E-state index contributed by atoms with van der Waals surface area (Å²) in [5, 5.41) is 25.6. The van der Waals surface area contributed by atoms with Crippen LogP contribution < -0.4 is 10.9 Å². The van der Waals surface area contributed by atoms with E-state index in [0.717, 1.165) is 41.8 Å². The fourth-order valence-electron chi connectivity index (χ4n) is 6.96. The number of aromatic nitrogens is 1. The molecule has 1 aliphatic heterocycles. The summed E-state index contributed by atoms with van der Waals surface area (Å²) in [7, 11) is 2.04. The average molecular weight is 466 g/mol.